The lowest BCUT2D eigenvalue weighted by molar-refractivity contribution is -0.484. The Balaban J connectivity index is 1.68. The molecule has 1 aliphatic heterocycles. The average molecular weight is 691 g/mol. The van der Waals surface area contributed by atoms with Gasteiger partial charge in [-0.3, -0.25) is 4.79 Å². The second-order valence-corrected chi connectivity index (χ2v) is 11.7. The second kappa shape index (κ2) is 15.1. The van der Waals surface area contributed by atoms with Crippen molar-refractivity contribution in [1.29, 1.82) is 0 Å². The maximum atomic E-state index is 13.8. The molecule has 2 aromatic carbocycles. The monoisotopic (exact) mass is 689 g/mol. The Morgan fingerprint density at radius 1 is 1.16 bits per heavy atom. The number of halogens is 1. The van der Waals surface area contributed by atoms with Crippen LogP contribution in [0, 0.1) is 23.0 Å². The Morgan fingerprint density at radius 3 is 2.50 bits per heavy atom. The molecule has 1 atom stereocenters. The number of hydrazine groups is 1. The molecule has 4 rings (SSSR count). The number of ether oxygens (including phenoxy) is 4. The molecule has 1 unspecified atom stereocenters. The normalized spacial score (nSPS) is 13.9. The first-order chi connectivity index (χ1) is 21.1. The number of methoxy groups -OCH3 is 1. The van der Waals surface area contributed by atoms with Crippen molar-refractivity contribution in [3.8, 4) is 21.9 Å². The molecule has 3 aromatic rings. The van der Waals surface area contributed by atoms with Gasteiger partial charge >= 0.3 is 17.8 Å². The lowest BCUT2D eigenvalue weighted by Crippen LogP contribution is -2.50. The van der Waals surface area contributed by atoms with Crippen LogP contribution in [0.15, 0.2) is 53.0 Å². The van der Waals surface area contributed by atoms with Gasteiger partial charge in [0.2, 0.25) is 0 Å². The third kappa shape index (κ3) is 7.73. The van der Waals surface area contributed by atoms with E-state index in [1.807, 2.05) is 6.92 Å². The number of benzene rings is 2. The number of nitrogens with zero attached hydrogens (tertiary/aromatic N) is 2. The highest BCUT2D eigenvalue weighted by Gasteiger charge is 2.40. The number of esters is 2. The zero-order valence-electron chi connectivity index (χ0n) is 24.4. The van der Waals surface area contributed by atoms with Crippen molar-refractivity contribution in [2.24, 2.45) is 5.92 Å². The van der Waals surface area contributed by atoms with Gasteiger partial charge < -0.3 is 24.3 Å². The Kier molecular flexibility index (Phi) is 11.3. The fourth-order valence-electron chi connectivity index (χ4n) is 4.73. The predicted octanol–water partition coefficient (Wildman–Crippen LogP) is 5.19. The van der Waals surface area contributed by atoms with E-state index < -0.39 is 35.6 Å². The SMILES string of the molecule is CCOC(=O)COc1c(C(=O)OC)sc(-c2cccc(OC(C(=O)N(c3ccc(C)cc3)[N+](=O)[O-])C3CCNCC3)c2)c1Br. The molecule has 1 fully saturated rings. The summed E-state index contributed by atoms with van der Waals surface area (Å²) in [5.41, 5.74) is 1.64. The van der Waals surface area contributed by atoms with E-state index in [0.29, 0.717) is 51.6 Å². The molecule has 1 aromatic heterocycles. The van der Waals surface area contributed by atoms with Crippen molar-refractivity contribution < 1.29 is 38.4 Å². The maximum absolute atomic E-state index is 13.8. The summed E-state index contributed by atoms with van der Waals surface area (Å²) in [5.74, 6) is -1.87. The van der Waals surface area contributed by atoms with E-state index in [1.54, 1.807) is 43.3 Å². The number of anilines is 1. The molecule has 14 heteroatoms. The van der Waals surface area contributed by atoms with Crippen LogP contribution < -0.4 is 19.8 Å². The second-order valence-electron chi connectivity index (χ2n) is 9.87. The van der Waals surface area contributed by atoms with Gasteiger partial charge in [0.05, 0.1) is 23.1 Å². The summed E-state index contributed by atoms with van der Waals surface area (Å²) < 4.78 is 22.2. The number of nitrogens with one attached hydrogen (secondary N) is 1. The van der Waals surface area contributed by atoms with Gasteiger partial charge in [0, 0.05) is 5.92 Å². The van der Waals surface area contributed by atoms with Crippen LogP contribution in [0.1, 0.15) is 35.0 Å². The van der Waals surface area contributed by atoms with Crippen molar-refractivity contribution >= 4 is 50.8 Å². The predicted molar refractivity (Wildman–Crippen MR) is 167 cm³/mol. The molecule has 0 aliphatic carbocycles. The smallest absolute Gasteiger partial charge is 0.351 e. The molecule has 0 bridgehead atoms. The van der Waals surface area contributed by atoms with Gasteiger partial charge in [-0.25, -0.2) is 19.7 Å². The molecule has 1 amide bonds. The molecule has 0 saturated carbocycles. The molecule has 44 heavy (non-hydrogen) atoms. The highest BCUT2D eigenvalue weighted by Crippen LogP contribution is 2.46. The van der Waals surface area contributed by atoms with Crippen molar-refractivity contribution in [3.63, 3.8) is 0 Å². The summed E-state index contributed by atoms with van der Waals surface area (Å²) >= 11 is 4.57. The van der Waals surface area contributed by atoms with Crippen LogP contribution >= 0.6 is 27.3 Å². The van der Waals surface area contributed by atoms with Gasteiger partial charge in [0.25, 0.3) is 0 Å². The molecular formula is C30H32BrN3O9S. The highest BCUT2D eigenvalue weighted by molar-refractivity contribution is 9.10. The Hall–Kier alpha value is -4.01. The molecule has 1 N–H and O–H groups in total. The number of amides is 1. The summed E-state index contributed by atoms with van der Waals surface area (Å²) in [6, 6.07) is 13.3. The Morgan fingerprint density at radius 2 is 1.86 bits per heavy atom. The van der Waals surface area contributed by atoms with Crippen molar-refractivity contribution in [3.05, 3.63) is 73.6 Å². The molecule has 12 nitrogen and oxygen atoms in total. The van der Waals surface area contributed by atoms with Crippen molar-refractivity contribution in [1.82, 2.24) is 5.32 Å². The zero-order valence-corrected chi connectivity index (χ0v) is 26.8. The topological polar surface area (TPSA) is 147 Å². The molecule has 1 aliphatic rings. The van der Waals surface area contributed by atoms with Crippen LogP contribution in [0.4, 0.5) is 5.69 Å². The number of piperidine rings is 1. The molecule has 1 saturated heterocycles. The van der Waals surface area contributed by atoms with Gasteiger partial charge in [0.1, 0.15) is 11.4 Å². The number of carbonyl (C=O) groups excluding carboxylic acids is 3. The van der Waals surface area contributed by atoms with Gasteiger partial charge in [-0.05, 0) is 90.5 Å². The Labute approximate surface area is 266 Å². The van der Waals surface area contributed by atoms with Gasteiger partial charge in [0.15, 0.2) is 28.4 Å². The maximum Gasteiger partial charge on any atom is 0.351 e. The van der Waals surface area contributed by atoms with E-state index >= 15 is 0 Å². The molecule has 0 radical (unpaired) electrons. The van der Waals surface area contributed by atoms with Crippen molar-refractivity contribution in [2.45, 2.75) is 32.8 Å². The number of carbonyl (C=O) groups is 3. The minimum Gasteiger partial charge on any atom is -0.480 e. The van der Waals surface area contributed by atoms with Crippen molar-refractivity contribution in [2.75, 3.05) is 38.4 Å². The molecule has 0 spiro atoms. The summed E-state index contributed by atoms with van der Waals surface area (Å²) in [5, 5.41) is 15.2. The van der Waals surface area contributed by atoms with Gasteiger partial charge in [-0.2, -0.15) is 0 Å². The van der Waals surface area contributed by atoms with E-state index in [9.17, 15) is 24.5 Å². The Bertz CT molecular complexity index is 1510. The summed E-state index contributed by atoms with van der Waals surface area (Å²) in [7, 11) is 1.24. The quantitative estimate of drug-likeness (QED) is 0.153. The number of nitro groups is 1. The van der Waals surface area contributed by atoms with Crippen LogP contribution in [0.3, 0.4) is 0 Å². The first-order valence-electron chi connectivity index (χ1n) is 13.9. The lowest BCUT2D eigenvalue weighted by Gasteiger charge is -2.31. The first kappa shape index (κ1) is 32.9. The fraction of sp³-hybridized carbons (Fsp3) is 0.367. The molecule has 234 valence electrons. The van der Waals surface area contributed by atoms with Gasteiger partial charge in [-0.1, -0.05) is 29.8 Å². The van der Waals surface area contributed by atoms with Crippen LogP contribution in [-0.4, -0.2) is 62.4 Å². The van der Waals surface area contributed by atoms with E-state index in [-0.39, 0.29) is 28.8 Å². The molecule has 2 heterocycles. The number of hydrogen-bond donors (Lipinski definition) is 1. The summed E-state index contributed by atoms with van der Waals surface area (Å²) in [4.78, 5) is 51.2. The van der Waals surface area contributed by atoms with E-state index in [4.69, 9.17) is 18.9 Å². The standard InChI is InChI=1S/C30H32BrN3O9S/c1-4-41-23(35)17-42-26-24(31)27(44-28(26)30(37)40-3)20-6-5-7-22(16-20)43-25(19-12-14-32-15-13-19)29(36)33(34(38)39)21-10-8-18(2)9-11-21/h5-11,16,19,25,32H,4,12-15,17H2,1-3H3. The van der Waals surface area contributed by atoms with Crippen LogP contribution in [-0.2, 0) is 19.1 Å². The van der Waals surface area contributed by atoms with E-state index in [2.05, 4.69) is 21.2 Å². The minimum atomic E-state index is -1.14. The third-order valence-electron chi connectivity index (χ3n) is 6.88. The number of thiophene rings is 1. The largest absolute Gasteiger partial charge is 0.480 e. The number of aryl methyl sites for hydroxylation is 1. The number of hydrogen-bond acceptors (Lipinski definition) is 11. The van der Waals surface area contributed by atoms with E-state index in [0.717, 1.165) is 16.9 Å². The summed E-state index contributed by atoms with van der Waals surface area (Å²) in [6.45, 7) is 4.59. The van der Waals surface area contributed by atoms with Crippen LogP contribution in [0.5, 0.6) is 11.5 Å². The third-order valence-corrected chi connectivity index (χ3v) is 9.10. The number of rotatable bonds is 12. The average Bonchev–Trinajstić information content (AvgIpc) is 3.35. The van der Waals surface area contributed by atoms with Crippen LogP contribution in [0.25, 0.3) is 10.4 Å². The summed E-state index contributed by atoms with van der Waals surface area (Å²) in [6.07, 6.45) is 0.0469. The lowest BCUT2D eigenvalue weighted by atomic mass is 9.91. The minimum absolute atomic E-state index is 0.124. The van der Waals surface area contributed by atoms with Crippen LogP contribution in [0.2, 0.25) is 0 Å². The zero-order chi connectivity index (χ0) is 31.8. The first-order valence-corrected chi connectivity index (χ1v) is 15.5. The molecular weight excluding hydrogens is 658 g/mol. The van der Waals surface area contributed by atoms with E-state index in [1.165, 1.54) is 19.2 Å². The van der Waals surface area contributed by atoms with Gasteiger partial charge in [-0.15, -0.1) is 11.3 Å². The fourth-order valence-corrected chi connectivity index (χ4v) is 6.70. The highest BCUT2D eigenvalue weighted by atomic mass is 79.9.